The zero-order chi connectivity index (χ0) is 12.8. The molecule has 1 aliphatic carbocycles. The maximum Gasteiger partial charge on any atom is 0.323 e. The Morgan fingerprint density at radius 3 is 2.29 bits per heavy atom. The average Bonchev–Trinajstić information content (AvgIpc) is 2.26. The number of nitrogens with zero attached hydrogens (tertiary/aromatic N) is 1. The van der Waals surface area contributed by atoms with Crippen LogP contribution in [0.3, 0.4) is 0 Å². The van der Waals surface area contributed by atoms with Gasteiger partial charge in [0.1, 0.15) is 6.54 Å². The molecule has 98 valence electrons. The number of amides is 1. The Morgan fingerprint density at radius 1 is 1.24 bits per heavy atom. The molecular weight excluding hydrogens is 218 g/mol. The minimum atomic E-state index is -0.935. The van der Waals surface area contributed by atoms with Gasteiger partial charge in [0.25, 0.3) is 0 Å². The molecule has 17 heavy (non-hydrogen) atoms. The summed E-state index contributed by atoms with van der Waals surface area (Å²) in [5.74, 6) is -0.476. The fourth-order valence-corrected chi connectivity index (χ4v) is 2.46. The fraction of sp³-hybridized carbons (Fsp3) is 0.846. The molecule has 0 aliphatic heterocycles. The first kappa shape index (κ1) is 14.0. The second kappa shape index (κ2) is 6.62. The van der Waals surface area contributed by atoms with Gasteiger partial charge in [-0.3, -0.25) is 9.59 Å². The second-order valence-electron chi connectivity index (χ2n) is 5.22. The summed E-state index contributed by atoms with van der Waals surface area (Å²) in [5, 5.41) is 8.79. The standard InChI is InChI=1S/C13H23NO3/c1-10(2)14(9-13(16)17)12(15)8-11-6-4-3-5-7-11/h10-11H,3-9H2,1-2H3,(H,16,17). The van der Waals surface area contributed by atoms with Gasteiger partial charge in [-0.25, -0.2) is 0 Å². The summed E-state index contributed by atoms with van der Waals surface area (Å²) in [6, 6.07) is -0.0396. The zero-order valence-electron chi connectivity index (χ0n) is 10.8. The highest BCUT2D eigenvalue weighted by atomic mass is 16.4. The van der Waals surface area contributed by atoms with Crippen molar-refractivity contribution in [2.75, 3.05) is 6.54 Å². The lowest BCUT2D eigenvalue weighted by molar-refractivity contribution is -0.146. The first-order chi connectivity index (χ1) is 8.00. The first-order valence-electron chi connectivity index (χ1n) is 6.52. The molecule has 0 radical (unpaired) electrons. The van der Waals surface area contributed by atoms with E-state index in [-0.39, 0.29) is 18.5 Å². The summed E-state index contributed by atoms with van der Waals surface area (Å²) >= 11 is 0. The Morgan fingerprint density at radius 2 is 1.82 bits per heavy atom. The van der Waals surface area contributed by atoms with E-state index in [4.69, 9.17) is 5.11 Å². The largest absolute Gasteiger partial charge is 0.480 e. The Bertz CT molecular complexity index is 270. The van der Waals surface area contributed by atoms with E-state index in [2.05, 4.69) is 0 Å². The first-order valence-corrected chi connectivity index (χ1v) is 6.52. The van der Waals surface area contributed by atoms with Crippen molar-refractivity contribution in [1.29, 1.82) is 0 Å². The van der Waals surface area contributed by atoms with Gasteiger partial charge in [0.15, 0.2) is 0 Å². The molecule has 0 bridgehead atoms. The summed E-state index contributed by atoms with van der Waals surface area (Å²) in [6.07, 6.45) is 6.44. The molecule has 0 aromatic carbocycles. The predicted octanol–water partition coefficient (Wildman–Crippen LogP) is 2.28. The van der Waals surface area contributed by atoms with E-state index in [1.54, 1.807) is 0 Å². The number of carbonyl (C=O) groups excluding carboxylic acids is 1. The van der Waals surface area contributed by atoms with Gasteiger partial charge in [-0.05, 0) is 32.6 Å². The number of hydrogen-bond donors (Lipinski definition) is 1. The molecule has 1 aliphatic rings. The van der Waals surface area contributed by atoms with Gasteiger partial charge in [0, 0.05) is 12.5 Å². The third kappa shape index (κ3) is 4.75. The summed E-state index contributed by atoms with van der Waals surface area (Å²) < 4.78 is 0. The zero-order valence-corrected chi connectivity index (χ0v) is 10.8. The second-order valence-corrected chi connectivity index (χ2v) is 5.22. The number of carboxylic acids is 1. The third-order valence-corrected chi connectivity index (χ3v) is 3.44. The van der Waals surface area contributed by atoms with E-state index < -0.39 is 5.97 Å². The molecular formula is C13H23NO3. The molecule has 4 nitrogen and oxygen atoms in total. The fourth-order valence-electron chi connectivity index (χ4n) is 2.46. The van der Waals surface area contributed by atoms with Crippen molar-refractivity contribution in [3.63, 3.8) is 0 Å². The van der Waals surface area contributed by atoms with Crippen molar-refractivity contribution in [1.82, 2.24) is 4.90 Å². The molecule has 0 saturated heterocycles. The van der Waals surface area contributed by atoms with Crippen LogP contribution >= 0.6 is 0 Å². The molecule has 1 fully saturated rings. The van der Waals surface area contributed by atoms with Crippen LogP contribution in [0.4, 0.5) is 0 Å². The maximum absolute atomic E-state index is 12.1. The molecule has 0 unspecified atom stereocenters. The summed E-state index contributed by atoms with van der Waals surface area (Å²) in [6.45, 7) is 3.55. The number of aliphatic carboxylic acids is 1. The molecule has 0 atom stereocenters. The quantitative estimate of drug-likeness (QED) is 0.803. The Balaban J connectivity index is 2.49. The molecule has 0 heterocycles. The van der Waals surface area contributed by atoms with Crippen LogP contribution in [0.5, 0.6) is 0 Å². The van der Waals surface area contributed by atoms with Crippen LogP contribution in [0.1, 0.15) is 52.4 Å². The van der Waals surface area contributed by atoms with Crippen molar-refractivity contribution < 1.29 is 14.7 Å². The molecule has 1 N–H and O–H groups in total. The molecule has 0 aromatic heterocycles. The summed E-state index contributed by atoms with van der Waals surface area (Å²) in [7, 11) is 0. The number of carbonyl (C=O) groups is 2. The summed E-state index contributed by atoms with van der Waals surface area (Å²) in [5.41, 5.74) is 0. The number of rotatable bonds is 5. The van der Waals surface area contributed by atoms with Crippen LogP contribution in [0.15, 0.2) is 0 Å². The Kier molecular flexibility index (Phi) is 5.45. The minimum Gasteiger partial charge on any atom is -0.480 e. The minimum absolute atomic E-state index is 0.00528. The van der Waals surface area contributed by atoms with Crippen molar-refractivity contribution in [2.45, 2.75) is 58.4 Å². The van der Waals surface area contributed by atoms with Crippen LogP contribution in [0.2, 0.25) is 0 Å². The molecule has 1 saturated carbocycles. The molecule has 1 amide bonds. The highest BCUT2D eigenvalue weighted by Crippen LogP contribution is 2.27. The molecule has 1 rings (SSSR count). The average molecular weight is 241 g/mol. The maximum atomic E-state index is 12.1. The van der Waals surface area contributed by atoms with Gasteiger partial charge in [0.2, 0.25) is 5.91 Å². The smallest absolute Gasteiger partial charge is 0.323 e. The predicted molar refractivity (Wildman–Crippen MR) is 65.7 cm³/mol. The lowest BCUT2D eigenvalue weighted by Crippen LogP contribution is -2.41. The van der Waals surface area contributed by atoms with Crippen LogP contribution < -0.4 is 0 Å². The number of hydrogen-bond acceptors (Lipinski definition) is 2. The molecule has 4 heteroatoms. The lowest BCUT2D eigenvalue weighted by atomic mass is 9.86. The van der Waals surface area contributed by atoms with Crippen LogP contribution in [0.25, 0.3) is 0 Å². The van der Waals surface area contributed by atoms with Crippen molar-refractivity contribution in [3.05, 3.63) is 0 Å². The van der Waals surface area contributed by atoms with E-state index in [0.29, 0.717) is 12.3 Å². The third-order valence-electron chi connectivity index (χ3n) is 3.44. The summed E-state index contributed by atoms with van der Waals surface area (Å²) in [4.78, 5) is 24.2. The van der Waals surface area contributed by atoms with Crippen LogP contribution in [0, 0.1) is 5.92 Å². The van der Waals surface area contributed by atoms with Gasteiger partial charge in [-0.1, -0.05) is 19.3 Å². The van der Waals surface area contributed by atoms with Crippen LogP contribution in [-0.2, 0) is 9.59 Å². The highest BCUT2D eigenvalue weighted by Gasteiger charge is 2.24. The topological polar surface area (TPSA) is 57.6 Å². The lowest BCUT2D eigenvalue weighted by Gasteiger charge is -2.28. The van der Waals surface area contributed by atoms with Crippen molar-refractivity contribution >= 4 is 11.9 Å². The monoisotopic (exact) mass is 241 g/mol. The van der Waals surface area contributed by atoms with E-state index in [1.165, 1.54) is 24.2 Å². The number of carboxylic acid groups (broad SMARTS) is 1. The Hall–Kier alpha value is -1.06. The normalized spacial score (nSPS) is 17.1. The van der Waals surface area contributed by atoms with E-state index in [9.17, 15) is 9.59 Å². The Labute approximate surface area is 103 Å². The van der Waals surface area contributed by atoms with Crippen molar-refractivity contribution in [2.24, 2.45) is 5.92 Å². The van der Waals surface area contributed by atoms with Gasteiger partial charge in [0.05, 0.1) is 0 Å². The van der Waals surface area contributed by atoms with Gasteiger partial charge >= 0.3 is 5.97 Å². The van der Waals surface area contributed by atoms with Crippen molar-refractivity contribution in [3.8, 4) is 0 Å². The van der Waals surface area contributed by atoms with Gasteiger partial charge in [-0.2, -0.15) is 0 Å². The molecule has 0 spiro atoms. The SMILES string of the molecule is CC(C)N(CC(=O)O)C(=O)CC1CCCCC1. The van der Waals surface area contributed by atoms with E-state index in [1.807, 2.05) is 13.8 Å². The molecule has 0 aromatic rings. The van der Waals surface area contributed by atoms with Gasteiger partial charge < -0.3 is 10.0 Å². The van der Waals surface area contributed by atoms with E-state index in [0.717, 1.165) is 12.8 Å². The van der Waals surface area contributed by atoms with E-state index >= 15 is 0 Å². The van der Waals surface area contributed by atoms with Crippen LogP contribution in [-0.4, -0.2) is 34.5 Å². The van der Waals surface area contributed by atoms with Gasteiger partial charge in [-0.15, -0.1) is 0 Å². The highest BCUT2D eigenvalue weighted by molar-refractivity contribution is 5.81.